The van der Waals surface area contributed by atoms with Crippen molar-refractivity contribution in [1.29, 1.82) is 0 Å². The molecular weight excluding hydrogens is 458 g/mol. The molecule has 1 aliphatic rings. The van der Waals surface area contributed by atoms with E-state index in [4.69, 9.17) is 4.84 Å². The van der Waals surface area contributed by atoms with Crippen molar-refractivity contribution in [3.8, 4) is 0 Å². The molecule has 0 amide bonds. The lowest BCUT2D eigenvalue weighted by molar-refractivity contribution is -0.0208. The van der Waals surface area contributed by atoms with Crippen molar-refractivity contribution < 1.29 is 14.7 Å². The van der Waals surface area contributed by atoms with Crippen LogP contribution in [0.4, 0.5) is 0 Å². The number of benzene rings is 1. The number of hydrogen-bond donors (Lipinski definition) is 2. The Morgan fingerprint density at radius 1 is 0.946 bits per heavy atom. The Labute approximate surface area is 228 Å². The lowest BCUT2D eigenvalue weighted by Crippen LogP contribution is -2.40. The fraction of sp³-hybridized carbons (Fsp3) is 0.788. The fourth-order valence-corrected chi connectivity index (χ4v) is 5.94. The van der Waals surface area contributed by atoms with Gasteiger partial charge in [-0.15, -0.1) is 0 Å². The predicted octanol–water partition coefficient (Wildman–Crippen LogP) is 9.12. The summed E-state index contributed by atoms with van der Waals surface area (Å²) in [6.07, 6.45) is 21.4. The molecule has 0 aliphatic heterocycles. The maximum absolute atomic E-state index is 12.9. The van der Waals surface area contributed by atoms with E-state index in [1.807, 2.05) is 31.2 Å². The Hall–Kier alpha value is -1.39. The SMILES string of the molecule is CCCCCCCCCCCCCCCCNOC(=O)c1ccccc1C1CC(C(C)C)CCC1(C)O. The topological polar surface area (TPSA) is 58.6 Å². The molecule has 1 aromatic carbocycles. The summed E-state index contributed by atoms with van der Waals surface area (Å²) in [6.45, 7) is 9.39. The second kappa shape index (κ2) is 18.0. The van der Waals surface area contributed by atoms with E-state index in [0.717, 1.165) is 31.2 Å². The molecule has 0 heterocycles. The van der Waals surface area contributed by atoms with Gasteiger partial charge in [0.05, 0.1) is 11.2 Å². The minimum Gasteiger partial charge on any atom is -0.390 e. The van der Waals surface area contributed by atoms with Crippen LogP contribution in [0.25, 0.3) is 0 Å². The zero-order valence-corrected chi connectivity index (χ0v) is 24.5. The summed E-state index contributed by atoms with van der Waals surface area (Å²) in [5.74, 6) is 0.740. The van der Waals surface area contributed by atoms with E-state index < -0.39 is 5.60 Å². The van der Waals surface area contributed by atoms with Crippen molar-refractivity contribution in [3.63, 3.8) is 0 Å². The van der Waals surface area contributed by atoms with E-state index in [9.17, 15) is 9.90 Å². The van der Waals surface area contributed by atoms with E-state index in [2.05, 4.69) is 26.3 Å². The zero-order chi connectivity index (χ0) is 26.9. The number of hydrogen-bond acceptors (Lipinski definition) is 4. The standard InChI is InChI=1S/C33H57NO3/c1-5-6-7-8-9-10-11-12-13-14-15-16-17-20-25-34-37-32(35)30-22-19-18-21-29(30)31-26-28(27(2)3)23-24-33(31,4)36/h18-19,21-22,27-28,31,34,36H,5-17,20,23-26H2,1-4H3. The largest absolute Gasteiger partial charge is 0.390 e. The van der Waals surface area contributed by atoms with E-state index in [1.54, 1.807) is 0 Å². The number of nitrogens with one attached hydrogen (secondary N) is 1. The Morgan fingerprint density at radius 2 is 1.49 bits per heavy atom. The van der Waals surface area contributed by atoms with Gasteiger partial charge in [0.15, 0.2) is 0 Å². The highest BCUT2D eigenvalue weighted by atomic mass is 16.7. The maximum Gasteiger partial charge on any atom is 0.357 e. The summed E-state index contributed by atoms with van der Waals surface area (Å²) in [6, 6.07) is 7.67. The van der Waals surface area contributed by atoms with Crippen LogP contribution in [0.15, 0.2) is 24.3 Å². The molecule has 1 aliphatic carbocycles. The van der Waals surface area contributed by atoms with Crippen LogP contribution in [-0.4, -0.2) is 23.2 Å². The Bertz CT molecular complexity index is 745. The average Bonchev–Trinajstić information content (AvgIpc) is 2.88. The van der Waals surface area contributed by atoms with E-state index in [0.29, 0.717) is 23.9 Å². The summed E-state index contributed by atoms with van der Waals surface area (Å²) < 4.78 is 0. The number of unbranched alkanes of at least 4 members (excludes halogenated alkanes) is 13. The van der Waals surface area contributed by atoms with Crippen LogP contribution < -0.4 is 5.48 Å². The summed E-state index contributed by atoms with van der Waals surface area (Å²) in [4.78, 5) is 18.4. The summed E-state index contributed by atoms with van der Waals surface area (Å²) in [7, 11) is 0. The lowest BCUT2D eigenvalue weighted by atomic mass is 9.66. The second-order valence-electron chi connectivity index (χ2n) is 12.2. The monoisotopic (exact) mass is 515 g/mol. The average molecular weight is 516 g/mol. The molecule has 3 unspecified atom stereocenters. The Kier molecular flexibility index (Phi) is 15.5. The second-order valence-corrected chi connectivity index (χ2v) is 12.2. The highest BCUT2D eigenvalue weighted by Crippen LogP contribution is 2.46. The quantitative estimate of drug-likeness (QED) is 0.142. The van der Waals surface area contributed by atoms with Crippen molar-refractivity contribution in [3.05, 3.63) is 35.4 Å². The molecule has 4 nitrogen and oxygen atoms in total. The van der Waals surface area contributed by atoms with Crippen LogP contribution in [0.5, 0.6) is 0 Å². The molecule has 0 spiro atoms. The van der Waals surface area contributed by atoms with Gasteiger partial charge in [-0.3, -0.25) is 0 Å². The third-order valence-electron chi connectivity index (χ3n) is 8.61. The number of hydroxylamine groups is 1. The first-order chi connectivity index (χ1) is 17.9. The van der Waals surface area contributed by atoms with Crippen LogP contribution in [0.1, 0.15) is 159 Å². The number of rotatable bonds is 19. The van der Waals surface area contributed by atoms with E-state index >= 15 is 0 Å². The fourth-order valence-electron chi connectivity index (χ4n) is 5.94. The van der Waals surface area contributed by atoms with Gasteiger partial charge in [0, 0.05) is 12.5 Å². The van der Waals surface area contributed by atoms with Crippen molar-refractivity contribution in [1.82, 2.24) is 5.48 Å². The molecule has 0 aromatic heterocycles. The van der Waals surface area contributed by atoms with E-state index in [1.165, 1.54) is 83.5 Å². The third kappa shape index (κ3) is 11.9. The Morgan fingerprint density at radius 3 is 2.05 bits per heavy atom. The molecule has 212 valence electrons. The van der Waals surface area contributed by atoms with E-state index in [-0.39, 0.29) is 11.9 Å². The first kappa shape index (κ1) is 31.8. The third-order valence-corrected chi connectivity index (χ3v) is 8.61. The maximum atomic E-state index is 12.9. The van der Waals surface area contributed by atoms with Gasteiger partial charge in [0.1, 0.15) is 0 Å². The van der Waals surface area contributed by atoms with Crippen LogP contribution in [0.2, 0.25) is 0 Å². The van der Waals surface area contributed by atoms with Gasteiger partial charge in [0.25, 0.3) is 0 Å². The molecule has 0 radical (unpaired) electrons. The molecule has 2 rings (SSSR count). The van der Waals surface area contributed by atoms with Gasteiger partial charge < -0.3 is 9.94 Å². The summed E-state index contributed by atoms with van der Waals surface area (Å²) in [5.41, 5.74) is 3.58. The molecule has 1 aromatic rings. The first-order valence-corrected chi connectivity index (χ1v) is 15.6. The number of carbonyl (C=O) groups is 1. The molecule has 37 heavy (non-hydrogen) atoms. The summed E-state index contributed by atoms with van der Waals surface area (Å²) >= 11 is 0. The van der Waals surface area contributed by atoms with Gasteiger partial charge in [-0.25, -0.2) is 4.79 Å². The number of aliphatic hydroxyl groups is 1. The van der Waals surface area contributed by atoms with Crippen LogP contribution in [-0.2, 0) is 4.84 Å². The summed E-state index contributed by atoms with van der Waals surface area (Å²) in [5, 5.41) is 11.2. The van der Waals surface area contributed by atoms with Gasteiger partial charge in [-0.05, 0) is 56.1 Å². The highest BCUT2D eigenvalue weighted by molar-refractivity contribution is 5.91. The molecule has 1 saturated carbocycles. The molecule has 0 saturated heterocycles. The van der Waals surface area contributed by atoms with Crippen LogP contribution >= 0.6 is 0 Å². The van der Waals surface area contributed by atoms with Crippen molar-refractivity contribution in [2.24, 2.45) is 11.8 Å². The van der Waals surface area contributed by atoms with Gasteiger partial charge in [-0.2, -0.15) is 5.48 Å². The first-order valence-electron chi connectivity index (χ1n) is 15.6. The molecule has 2 N–H and O–H groups in total. The lowest BCUT2D eigenvalue weighted by Gasteiger charge is -2.43. The minimum atomic E-state index is -0.802. The number of carbonyl (C=O) groups excluding carboxylic acids is 1. The predicted molar refractivity (Wildman–Crippen MR) is 156 cm³/mol. The smallest absolute Gasteiger partial charge is 0.357 e. The van der Waals surface area contributed by atoms with Crippen LogP contribution in [0.3, 0.4) is 0 Å². The normalized spacial score (nSPS) is 21.9. The van der Waals surface area contributed by atoms with Crippen LogP contribution in [0, 0.1) is 11.8 Å². The minimum absolute atomic E-state index is 0.0526. The van der Waals surface area contributed by atoms with Gasteiger partial charge in [0.2, 0.25) is 0 Å². The molecular formula is C33H57NO3. The van der Waals surface area contributed by atoms with Gasteiger partial charge in [-0.1, -0.05) is 122 Å². The molecule has 1 fully saturated rings. The Balaban J connectivity index is 1.60. The molecule has 4 heteroatoms. The van der Waals surface area contributed by atoms with Crippen molar-refractivity contribution in [2.45, 2.75) is 148 Å². The zero-order valence-electron chi connectivity index (χ0n) is 24.5. The highest BCUT2D eigenvalue weighted by Gasteiger charge is 2.41. The molecule has 3 atom stereocenters. The van der Waals surface area contributed by atoms with Gasteiger partial charge >= 0.3 is 5.97 Å². The van der Waals surface area contributed by atoms with Crippen molar-refractivity contribution >= 4 is 5.97 Å². The molecule has 0 bridgehead atoms. The van der Waals surface area contributed by atoms with Crippen molar-refractivity contribution in [2.75, 3.05) is 6.54 Å².